The van der Waals surface area contributed by atoms with E-state index in [0.29, 0.717) is 24.2 Å². The Morgan fingerprint density at radius 3 is 2.52 bits per heavy atom. The Hall–Kier alpha value is -2.61. The molecule has 168 valence electrons. The number of carbonyl (C=O) groups is 1. The van der Waals surface area contributed by atoms with E-state index in [-0.39, 0.29) is 23.3 Å². The summed E-state index contributed by atoms with van der Waals surface area (Å²) in [6.07, 6.45) is -1.06. The van der Waals surface area contributed by atoms with Gasteiger partial charge in [-0.15, -0.1) is 0 Å². The standard InChI is InChI=1S/C23H26F4N2O2/c1-14-9-17(11-18(10-14)23(25,26)27)22(31)29-12-15-5-7-19(8-6-15)28-13-16-3-2-4-20(24)21(16)30/h2-4,9-11,15,19,28,30H,5-8,12-13H2,1H3,(H,29,31). The molecular weight excluding hydrogens is 412 g/mol. The van der Waals surface area contributed by atoms with Crippen LogP contribution < -0.4 is 10.6 Å². The maximum atomic E-state index is 13.4. The van der Waals surface area contributed by atoms with Gasteiger partial charge in [-0.05, 0) is 68.4 Å². The van der Waals surface area contributed by atoms with Crippen molar-refractivity contribution in [2.75, 3.05) is 6.54 Å². The van der Waals surface area contributed by atoms with Crippen molar-refractivity contribution < 1.29 is 27.5 Å². The number of rotatable bonds is 6. The zero-order valence-electron chi connectivity index (χ0n) is 17.2. The summed E-state index contributed by atoms with van der Waals surface area (Å²) < 4.78 is 52.3. The Bertz CT molecular complexity index is 922. The first-order valence-electron chi connectivity index (χ1n) is 10.3. The van der Waals surface area contributed by atoms with Gasteiger partial charge >= 0.3 is 6.18 Å². The van der Waals surface area contributed by atoms with Gasteiger partial charge in [0, 0.05) is 30.3 Å². The van der Waals surface area contributed by atoms with Crippen LogP contribution in [0.25, 0.3) is 0 Å². The smallest absolute Gasteiger partial charge is 0.416 e. The zero-order valence-corrected chi connectivity index (χ0v) is 17.2. The van der Waals surface area contributed by atoms with Crippen LogP contribution in [-0.4, -0.2) is 23.6 Å². The van der Waals surface area contributed by atoms with Crippen LogP contribution in [0.15, 0.2) is 36.4 Å². The highest BCUT2D eigenvalue weighted by Crippen LogP contribution is 2.31. The number of nitrogens with one attached hydrogen (secondary N) is 2. The molecule has 0 spiro atoms. The normalized spacial score (nSPS) is 19.3. The summed E-state index contributed by atoms with van der Waals surface area (Å²) in [6, 6.07) is 8.01. The first-order valence-corrected chi connectivity index (χ1v) is 10.3. The molecule has 8 heteroatoms. The van der Waals surface area contributed by atoms with E-state index in [0.717, 1.165) is 37.8 Å². The Balaban J connectivity index is 1.46. The van der Waals surface area contributed by atoms with Gasteiger partial charge in [0.2, 0.25) is 0 Å². The summed E-state index contributed by atoms with van der Waals surface area (Å²) in [6.45, 7) is 2.31. The minimum Gasteiger partial charge on any atom is -0.505 e. The van der Waals surface area contributed by atoms with Gasteiger partial charge in [-0.3, -0.25) is 4.79 Å². The number of alkyl halides is 3. The Labute approximate surface area is 178 Å². The van der Waals surface area contributed by atoms with E-state index in [1.165, 1.54) is 19.1 Å². The minimum atomic E-state index is -4.49. The molecule has 0 unspecified atom stereocenters. The highest BCUT2D eigenvalue weighted by Gasteiger charge is 2.31. The number of aryl methyl sites for hydroxylation is 1. The molecule has 1 amide bonds. The van der Waals surface area contributed by atoms with Crippen molar-refractivity contribution in [3.63, 3.8) is 0 Å². The number of aromatic hydroxyl groups is 1. The van der Waals surface area contributed by atoms with Gasteiger partial charge in [-0.2, -0.15) is 13.2 Å². The lowest BCUT2D eigenvalue weighted by atomic mass is 9.86. The van der Waals surface area contributed by atoms with Crippen LogP contribution in [-0.2, 0) is 12.7 Å². The van der Waals surface area contributed by atoms with Crippen LogP contribution in [0.2, 0.25) is 0 Å². The zero-order chi connectivity index (χ0) is 22.6. The predicted octanol–water partition coefficient (Wildman–Crippen LogP) is 4.94. The molecule has 0 aliphatic heterocycles. The van der Waals surface area contributed by atoms with Crippen molar-refractivity contribution in [3.05, 3.63) is 64.5 Å². The molecule has 0 saturated heterocycles. The molecule has 1 saturated carbocycles. The second-order valence-corrected chi connectivity index (χ2v) is 8.14. The number of halogens is 4. The molecule has 0 heterocycles. The third-order valence-electron chi connectivity index (χ3n) is 5.72. The Morgan fingerprint density at radius 2 is 1.84 bits per heavy atom. The van der Waals surface area contributed by atoms with E-state index in [1.54, 1.807) is 12.1 Å². The maximum absolute atomic E-state index is 13.4. The molecule has 3 N–H and O–H groups in total. The summed E-state index contributed by atoms with van der Waals surface area (Å²) in [5.41, 5.74) is 0.0767. The molecule has 31 heavy (non-hydrogen) atoms. The van der Waals surface area contributed by atoms with Crippen molar-refractivity contribution in [2.45, 2.75) is 51.4 Å². The van der Waals surface area contributed by atoms with Crippen molar-refractivity contribution in [3.8, 4) is 5.75 Å². The number of phenolic OH excluding ortho intramolecular Hbond substituents is 1. The molecule has 3 rings (SSSR count). The third-order valence-corrected chi connectivity index (χ3v) is 5.72. The van der Waals surface area contributed by atoms with E-state index in [2.05, 4.69) is 10.6 Å². The number of para-hydroxylation sites is 1. The van der Waals surface area contributed by atoms with Gasteiger partial charge in [0.15, 0.2) is 11.6 Å². The summed E-state index contributed by atoms with van der Waals surface area (Å²) in [7, 11) is 0. The van der Waals surface area contributed by atoms with E-state index in [4.69, 9.17) is 0 Å². The summed E-state index contributed by atoms with van der Waals surface area (Å²) >= 11 is 0. The first kappa shape index (κ1) is 23.1. The van der Waals surface area contributed by atoms with Gasteiger partial charge in [-0.25, -0.2) is 4.39 Å². The average Bonchev–Trinajstić information content (AvgIpc) is 2.72. The fourth-order valence-electron chi connectivity index (χ4n) is 3.94. The van der Waals surface area contributed by atoms with Crippen molar-refractivity contribution in [1.29, 1.82) is 0 Å². The van der Waals surface area contributed by atoms with Crippen LogP contribution in [0.3, 0.4) is 0 Å². The fraction of sp³-hybridized carbons (Fsp3) is 0.435. The summed E-state index contributed by atoms with van der Waals surface area (Å²) in [5, 5.41) is 15.8. The van der Waals surface area contributed by atoms with Crippen LogP contribution in [0.4, 0.5) is 17.6 Å². The van der Waals surface area contributed by atoms with Crippen molar-refractivity contribution in [2.24, 2.45) is 5.92 Å². The van der Waals surface area contributed by atoms with E-state index in [9.17, 15) is 27.5 Å². The van der Waals surface area contributed by atoms with Gasteiger partial charge in [0.05, 0.1) is 5.56 Å². The minimum absolute atomic E-state index is 0.0116. The molecule has 1 aliphatic carbocycles. The van der Waals surface area contributed by atoms with E-state index < -0.39 is 23.5 Å². The number of hydrogen-bond acceptors (Lipinski definition) is 3. The predicted molar refractivity (Wildman–Crippen MR) is 109 cm³/mol. The molecule has 1 fully saturated rings. The highest BCUT2D eigenvalue weighted by atomic mass is 19.4. The van der Waals surface area contributed by atoms with Crippen molar-refractivity contribution in [1.82, 2.24) is 10.6 Å². The molecule has 0 bridgehead atoms. The van der Waals surface area contributed by atoms with Crippen LogP contribution in [0.1, 0.15) is 52.7 Å². The summed E-state index contributed by atoms with van der Waals surface area (Å²) in [4.78, 5) is 12.4. The molecule has 0 radical (unpaired) electrons. The molecule has 2 aromatic carbocycles. The van der Waals surface area contributed by atoms with Gasteiger partial charge in [-0.1, -0.05) is 12.1 Å². The SMILES string of the molecule is Cc1cc(C(=O)NCC2CCC(NCc3cccc(F)c3O)CC2)cc(C(F)(F)F)c1. The topological polar surface area (TPSA) is 61.4 Å². The number of carbonyl (C=O) groups excluding carboxylic acids is 1. The van der Waals surface area contributed by atoms with Crippen molar-refractivity contribution >= 4 is 5.91 Å². The number of hydrogen-bond donors (Lipinski definition) is 3. The quantitative estimate of drug-likeness (QED) is 0.560. The highest BCUT2D eigenvalue weighted by molar-refractivity contribution is 5.94. The lowest BCUT2D eigenvalue weighted by Gasteiger charge is -2.29. The monoisotopic (exact) mass is 438 g/mol. The summed E-state index contributed by atoms with van der Waals surface area (Å²) in [5.74, 6) is -1.24. The number of amides is 1. The fourth-order valence-corrected chi connectivity index (χ4v) is 3.94. The van der Waals surface area contributed by atoms with E-state index in [1.807, 2.05) is 0 Å². The molecule has 1 aliphatic rings. The number of benzene rings is 2. The lowest BCUT2D eigenvalue weighted by Crippen LogP contribution is -2.36. The maximum Gasteiger partial charge on any atom is 0.416 e. The largest absolute Gasteiger partial charge is 0.505 e. The van der Waals surface area contributed by atoms with Gasteiger partial charge in [0.1, 0.15) is 0 Å². The second-order valence-electron chi connectivity index (χ2n) is 8.14. The lowest BCUT2D eigenvalue weighted by molar-refractivity contribution is -0.137. The van der Waals surface area contributed by atoms with Crippen LogP contribution in [0, 0.1) is 18.7 Å². The molecular formula is C23H26F4N2O2. The Morgan fingerprint density at radius 1 is 1.13 bits per heavy atom. The van der Waals surface area contributed by atoms with Gasteiger partial charge in [0.25, 0.3) is 5.91 Å². The molecule has 2 aromatic rings. The Kier molecular flexibility index (Phi) is 7.20. The van der Waals surface area contributed by atoms with Gasteiger partial charge < -0.3 is 15.7 Å². The molecule has 0 aromatic heterocycles. The van der Waals surface area contributed by atoms with Crippen LogP contribution >= 0.6 is 0 Å². The molecule has 4 nitrogen and oxygen atoms in total. The third kappa shape index (κ3) is 6.19. The number of phenols is 1. The van der Waals surface area contributed by atoms with E-state index >= 15 is 0 Å². The van der Waals surface area contributed by atoms with Crippen LogP contribution in [0.5, 0.6) is 5.75 Å². The molecule has 0 atom stereocenters. The second kappa shape index (κ2) is 9.68. The average molecular weight is 438 g/mol. The first-order chi connectivity index (χ1) is 14.6.